The predicted molar refractivity (Wildman–Crippen MR) is 91.2 cm³/mol. The van der Waals surface area contributed by atoms with Crippen LogP contribution in [0, 0.1) is 0 Å². The number of azo groups is 1. The molecule has 136 valence electrons. The minimum absolute atomic E-state index is 0.182. The summed E-state index contributed by atoms with van der Waals surface area (Å²) in [7, 11) is -6.55. The monoisotopic (exact) mass is 379 g/mol. The molecule has 0 saturated carbocycles. The molecule has 24 heavy (non-hydrogen) atoms. The van der Waals surface area contributed by atoms with Crippen LogP contribution in [-0.4, -0.2) is 57.6 Å². The smallest absolute Gasteiger partial charge is 0.264 e. The standard InChI is InChI=1S/C13H21N3O6S2/c1-14-15-12-4-6-13(7-5-12)16(8-2-10-23(17,18)19)9-3-11-24(20,21)22/h4-7H,2-3,8-11H2,1H3,(H,17,18,19)(H,20,21,22). The predicted octanol–water partition coefficient (Wildman–Crippen LogP) is 1.76. The summed E-state index contributed by atoms with van der Waals surface area (Å²) in [6.07, 6.45) is 0.363. The van der Waals surface area contributed by atoms with Gasteiger partial charge in [0.15, 0.2) is 0 Å². The van der Waals surface area contributed by atoms with Gasteiger partial charge in [-0.3, -0.25) is 9.11 Å². The van der Waals surface area contributed by atoms with E-state index in [2.05, 4.69) is 10.2 Å². The number of anilines is 1. The van der Waals surface area contributed by atoms with E-state index in [1.165, 1.54) is 0 Å². The van der Waals surface area contributed by atoms with Gasteiger partial charge in [0.1, 0.15) is 0 Å². The molecule has 11 heteroatoms. The number of rotatable bonds is 10. The van der Waals surface area contributed by atoms with Gasteiger partial charge in [-0.2, -0.15) is 27.1 Å². The van der Waals surface area contributed by atoms with Crippen LogP contribution < -0.4 is 4.90 Å². The van der Waals surface area contributed by atoms with Crippen LogP contribution in [0.15, 0.2) is 34.5 Å². The van der Waals surface area contributed by atoms with E-state index in [0.29, 0.717) is 18.8 Å². The van der Waals surface area contributed by atoms with Crippen LogP contribution in [0.2, 0.25) is 0 Å². The second kappa shape index (κ2) is 9.06. The van der Waals surface area contributed by atoms with Gasteiger partial charge in [0.25, 0.3) is 20.2 Å². The fraction of sp³-hybridized carbons (Fsp3) is 0.538. The van der Waals surface area contributed by atoms with Crippen LogP contribution in [0.5, 0.6) is 0 Å². The normalized spacial score (nSPS) is 12.6. The van der Waals surface area contributed by atoms with Gasteiger partial charge in [0, 0.05) is 25.8 Å². The van der Waals surface area contributed by atoms with E-state index >= 15 is 0 Å². The highest BCUT2D eigenvalue weighted by Crippen LogP contribution is 2.20. The maximum absolute atomic E-state index is 10.8. The van der Waals surface area contributed by atoms with Crippen LogP contribution in [0.4, 0.5) is 11.4 Å². The van der Waals surface area contributed by atoms with Crippen LogP contribution in [0.1, 0.15) is 12.8 Å². The van der Waals surface area contributed by atoms with E-state index in [0.717, 1.165) is 5.69 Å². The number of benzene rings is 1. The van der Waals surface area contributed by atoms with Crippen LogP contribution in [0.3, 0.4) is 0 Å². The molecule has 1 rings (SSSR count). The first-order valence-corrected chi connectivity index (χ1v) is 10.4. The highest BCUT2D eigenvalue weighted by Gasteiger charge is 2.12. The van der Waals surface area contributed by atoms with Crippen molar-refractivity contribution >= 4 is 31.6 Å². The molecule has 1 aromatic carbocycles. The molecule has 0 bridgehead atoms. The average Bonchev–Trinajstić information content (AvgIpc) is 2.44. The van der Waals surface area contributed by atoms with E-state index in [9.17, 15) is 16.8 Å². The fourth-order valence-electron chi connectivity index (χ4n) is 2.09. The molecule has 0 radical (unpaired) electrons. The number of hydrogen-bond acceptors (Lipinski definition) is 7. The zero-order valence-corrected chi connectivity index (χ0v) is 14.9. The molecule has 0 aliphatic rings. The van der Waals surface area contributed by atoms with Crippen molar-refractivity contribution in [2.24, 2.45) is 10.2 Å². The Morgan fingerprint density at radius 1 is 0.917 bits per heavy atom. The molecule has 0 amide bonds. The van der Waals surface area contributed by atoms with E-state index in [1.807, 2.05) is 0 Å². The van der Waals surface area contributed by atoms with Gasteiger partial charge < -0.3 is 4.90 Å². The van der Waals surface area contributed by atoms with Crippen molar-refractivity contribution in [3.8, 4) is 0 Å². The van der Waals surface area contributed by atoms with E-state index in [4.69, 9.17) is 9.11 Å². The second-order valence-electron chi connectivity index (χ2n) is 5.08. The van der Waals surface area contributed by atoms with Crippen molar-refractivity contribution in [3.05, 3.63) is 24.3 Å². The largest absolute Gasteiger partial charge is 0.371 e. The maximum atomic E-state index is 10.8. The molecule has 0 fully saturated rings. The van der Waals surface area contributed by atoms with E-state index < -0.39 is 20.2 Å². The summed E-state index contributed by atoms with van der Waals surface area (Å²) in [6.45, 7) is 0.611. The number of hydrogen-bond donors (Lipinski definition) is 2. The first-order chi connectivity index (χ1) is 11.1. The summed E-state index contributed by atoms with van der Waals surface area (Å²) < 4.78 is 60.8. The summed E-state index contributed by atoms with van der Waals surface area (Å²) in [4.78, 5) is 1.78. The molecule has 0 spiro atoms. The molecule has 0 aliphatic heterocycles. The van der Waals surface area contributed by atoms with Gasteiger partial charge in [-0.25, -0.2) is 0 Å². The third-order valence-corrected chi connectivity index (χ3v) is 4.70. The van der Waals surface area contributed by atoms with Crippen molar-refractivity contribution in [2.75, 3.05) is 36.5 Å². The zero-order chi connectivity index (χ0) is 18.2. The van der Waals surface area contributed by atoms with Crippen molar-refractivity contribution in [2.45, 2.75) is 12.8 Å². The second-order valence-corrected chi connectivity index (χ2v) is 8.23. The molecule has 9 nitrogen and oxygen atoms in total. The lowest BCUT2D eigenvalue weighted by Crippen LogP contribution is -2.28. The van der Waals surface area contributed by atoms with Gasteiger partial charge in [-0.05, 0) is 37.1 Å². The molecule has 0 heterocycles. The van der Waals surface area contributed by atoms with Gasteiger partial charge >= 0.3 is 0 Å². The molecule has 0 atom stereocenters. The molecule has 1 aromatic rings. The maximum Gasteiger partial charge on any atom is 0.264 e. The lowest BCUT2D eigenvalue weighted by atomic mass is 10.2. The van der Waals surface area contributed by atoms with Crippen molar-refractivity contribution < 1.29 is 25.9 Å². The Morgan fingerprint density at radius 2 is 1.38 bits per heavy atom. The first kappa shape index (κ1) is 20.5. The Kier molecular flexibility index (Phi) is 7.73. The summed E-state index contributed by atoms with van der Waals surface area (Å²) in [5.74, 6) is -0.770. The Morgan fingerprint density at radius 3 is 1.75 bits per heavy atom. The minimum atomic E-state index is -4.05. The molecule has 2 N–H and O–H groups in total. The fourth-order valence-corrected chi connectivity index (χ4v) is 3.08. The van der Waals surface area contributed by atoms with Crippen LogP contribution >= 0.6 is 0 Å². The quantitative estimate of drug-likeness (QED) is 0.467. The lowest BCUT2D eigenvalue weighted by molar-refractivity contribution is 0.480. The Balaban J connectivity index is 2.78. The minimum Gasteiger partial charge on any atom is -0.371 e. The highest BCUT2D eigenvalue weighted by molar-refractivity contribution is 7.86. The van der Waals surface area contributed by atoms with Crippen LogP contribution in [0.25, 0.3) is 0 Å². The molecular formula is C13H21N3O6S2. The van der Waals surface area contributed by atoms with Crippen LogP contribution in [-0.2, 0) is 20.2 Å². The average molecular weight is 379 g/mol. The van der Waals surface area contributed by atoms with E-state index in [-0.39, 0.29) is 24.3 Å². The Bertz CT molecular complexity index is 706. The molecule has 0 saturated heterocycles. The van der Waals surface area contributed by atoms with Gasteiger partial charge in [0.05, 0.1) is 17.2 Å². The lowest BCUT2D eigenvalue weighted by Gasteiger charge is -2.24. The Hall–Kier alpha value is -1.56. The van der Waals surface area contributed by atoms with Gasteiger partial charge in [-0.1, -0.05) is 0 Å². The van der Waals surface area contributed by atoms with Crippen molar-refractivity contribution in [3.63, 3.8) is 0 Å². The van der Waals surface area contributed by atoms with Crippen molar-refractivity contribution in [1.29, 1.82) is 0 Å². The molecular weight excluding hydrogens is 358 g/mol. The highest BCUT2D eigenvalue weighted by atomic mass is 32.2. The summed E-state index contributed by atoms with van der Waals surface area (Å²) in [5, 5.41) is 7.53. The van der Waals surface area contributed by atoms with E-state index in [1.54, 1.807) is 36.2 Å². The third-order valence-electron chi connectivity index (χ3n) is 3.09. The summed E-state index contributed by atoms with van der Waals surface area (Å²) in [5.41, 5.74) is 1.40. The van der Waals surface area contributed by atoms with Crippen molar-refractivity contribution in [1.82, 2.24) is 0 Å². The molecule has 0 unspecified atom stereocenters. The zero-order valence-electron chi connectivity index (χ0n) is 13.2. The molecule has 0 aromatic heterocycles. The van der Waals surface area contributed by atoms with Gasteiger partial charge in [-0.15, -0.1) is 0 Å². The Labute approximate surface area is 141 Å². The third kappa shape index (κ3) is 8.91. The molecule has 0 aliphatic carbocycles. The first-order valence-electron chi connectivity index (χ1n) is 7.16. The SMILES string of the molecule is CN=Nc1ccc(N(CCCS(=O)(=O)O)CCCS(=O)(=O)O)cc1. The topological polar surface area (TPSA) is 137 Å². The summed E-state index contributed by atoms with van der Waals surface area (Å²) in [6, 6.07) is 6.96. The van der Waals surface area contributed by atoms with Gasteiger partial charge in [0.2, 0.25) is 0 Å². The number of nitrogens with zero attached hydrogens (tertiary/aromatic N) is 3. The summed E-state index contributed by atoms with van der Waals surface area (Å²) >= 11 is 0.